The van der Waals surface area contributed by atoms with Gasteiger partial charge in [-0.05, 0) is 49.9 Å². The molecule has 0 amide bonds. The number of hydrogen-bond acceptors (Lipinski definition) is 3. The molecule has 1 aromatic rings. The van der Waals surface area contributed by atoms with E-state index in [-0.39, 0.29) is 17.5 Å². The summed E-state index contributed by atoms with van der Waals surface area (Å²) in [6.45, 7) is 7.09. The quantitative estimate of drug-likeness (QED) is 0.702. The van der Waals surface area contributed by atoms with Gasteiger partial charge in [-0.3, -0.25) is 4.79 Å². The van der Waals surface area contributed by atoms with E-state index in [4.69, 9.17) is 0 Å². The van der Waals surface area contributed by atoms with Crippen LogP contribution in [0.4, 0.5) is 0 Å². The van der Waals surface area contributed by atoms with E-state index in [1.807, 2.05) is 39.0 Å². The number of aryl methyl sites for hydroxylation is 1. The van der Waals surface area contributed by atoms with Gasteiger partial charge in [0.2, 0.25) is 0 Å². The van der Waals surface area contributed by atoms with Crippen LogP contribution in [-0.4, -0.2) is 21.6 Å². The number of carbonyl (C=O) groups excluding carboxylic acids is 1. The van der Waals surface area contributed by atoms with Gasteiger partial charge in [-0.2, -0.15) is 0 Å². The fraction of sp³-hybridized carbons (Fsp3) is 0.438. The molecule has 3 aliphatic rings. The van der Waals surface area contributed by atoms with Crippen molar-refractivity contribution in [2.75, 3.05) is 0 Å². The van der Waals surface area contributed by atoms with E-state index < -0.39 is 11.0 Å². The second-order valence-electron chi connectivity index (χ2n) is 6.14. The van der Waals surface area contributed by atoms with Gasteiger partial charge in [0.25, 0.3) is 0 Å². The lowest BCUT2D eigenvalue weighted by Crippen LogP contribution is -2.57. The van der Waals surface area contributed by atoms with Crippen molar-refractivity contribution < 1.29 is 15.0 Å². The second-order valence-corrected chi connectivity index (χ2v) is 6.14. The molecular weight excluding hydrogens is 240 g/mol. The van der Waals surface area contributed by atoms with Crippen LogP contribution in [0.25, 0.3) is 0 Å². The van der Waals surface area contributed by atoms with E-state index in [1.54, 1.807) is 6.92 Å². The van der Waals surface area contributed by atoms with Crippen LogP contribution >= 0.6 is 0 Å². The monoisotopic (exact) mass is 258 g/mol. The zero-order valence-electron chi connectivity index (χ0n) is 11.6. The summed E-state index contributed by atoms with van der Waals surface area (Å²) < 4.78 is 0. The summed E-state index contributed by atoms with van der Waals surface area (Å²) in [5, 5.41) is 20.7. The Morgan fingerprint density at radius 1 is 1.26 bits per heavy atom. The van der Waals surface area contributed by atoms with Crippen molar-refractivity contribution in [3.05, 3.63) is 40.5 Å². The van der Waals surface area contributed by atoms with E-state index >= 15 is 0 Å². The minimum atomic E-state index is -1.40. The molecule has 0 unspecified atom stereocenters. The van der Waals surface area contributed by atoms with Crippen LogP contribution in [0.2, 0.25) is 0 Å². The third-order valence-electron chi connectivity index (χ3n) is 4.81. The van der Waals surface area contributed by atoms with Gasteiger partial charge in [-0.25, -0.2) is 0 Å². The number of benzene rings is 1. The lowest BCUT2D eigenvalue weighted by molar-refractivity contribution is -0.143. The van der Waals surface area contributed by atoms with E-state index in [1.165, 1.54) is 0 Å². The molecule has 19 heavy (non-hydrogen) atoms. The fourth-order valence-corrected chi connectivity index (χ4v) is 3.63. The summed E-state index contributed by atoms with van der Waals surface area (Å²) in [7, 11) is 0. The highest BCUT2D eigenvalue weighted by atomic mass is 16.3. The summed E-state index contributed by atoms with van der Waals surface area (Å²) in [4.78, 5) is 12.5. The Hall–Kier alpha value is -1.61. The van der Waals surface area contributed by atoms with Gasteiger partial charge in [0, 0.05) is 5.92 Å². The first kappa shape index (κ1) is 12.4. The Labute approximate surface area is 112 Å². The molecule has 2 bridgehead atoms. The molecule has 0 aliphatic heterocycles. The largest absolute Gasteiger partial charge is 0.507 e. The predicted molar refractivity (Wildman–Crippen MR) is 72.4 cm³/mol. The van der Waals surface area contributed by atoms with Crippen LogP contribution in [0.3, 0.4) is 0 Å². The third kappa shape index (κ3) is 1.24. The Kier molecular flexibility index (Phi) is 2.15. The Bertz CT molecular complexity index is 640. The smallest absolute Gasteiger partial charge is 0.178 e. The maximum atomic E-state index is 12.5. The van der Waals surface area contributed by atoms with Crippen molar-refractivity contribution in [2.45, 2.75) is 44.6 Å². The first-order valence-corrected chi connectivity index (χ1v) is 6.51. The fourth-order valence-electron chi connectivity index (χ4n) is 3.63. The molecule has 0 spiro atoms. The number of phenols is 1. The Morgan fingerprint density at radius 3 is 2.53 bits per heavy atom. The Morgan fingerprint density at radius 2 is 1.89 bits per heavy atom. The molecule has 0 fully saturated rings. The van der Waals surface area contributed by atoms with Gasteiger partial charge in [-0.15, -0.1) is 0 Å². The number of allylic oxidation sites excluding steroid dienone is 1. The molecule has 3 atom stereocenters. The number of ketones is 1. The van der Waals surface area contributed by atoms with E-state index in [0.29, 0.717) is 0 Å². The van der Waals surface area contributed by atoms with Crippen LogP contribution in [0.5, 0.6) is 5.75 Å². The number of Topliss-reactive ketones (excluding diaryl/α,β-unsaturated/α-hetero) is 1. The molecule has 3 nitrogen and oxygen atoms in total. The average Bonchev–Trinajstić information content (AvgIpc) is 2.34. The summed E-state index contributed by atoms with van der Waals surface area (Å²) in [6, 6.07) is 1.88. The Balaban J connectivity index is 2.43. The van der Waals surface area contributed by atoms with Crippen molar-refractivity contribution in [3.8, 4) is 5.75 Å². The maximum absolute atomic E-state index is 12.5. The maximum Gasteiger partial charge on any atom is 0.178 e. The molecule has 3 heteroatoms. The van der Waals surface area contributed by atoms with Crippen LogP contribution in [0.15, 0.2) is 18.2 Å². The van der Waals surface area contributed by atoms with Gasteiger partial charge < -0.3 is 10.2 Å². The third-order valence-corrected chi connectivity index (χ3v) is 4.81. The van der Waals surface area contributed by atoms with E-state index in [0.717, 1.165) is 22.3 Å². The molecule has 0 saturated carbocycles. The van der Waals surface area contributed by atoms with Crippen molar-refractivity contribution >= 4 is 5.78 Å². The van der Waals surface area contributed by atoms with Gasteiger partial charge in [0.05, 0.1) is 5.41 Å². The molecule has 4 rings (SSSR count). The minimum absolute atomic E-state index is 0.163. The second kappa shape index (κ2) is 3.28. The first-order chi connectivity index (χ1) is 8.71. The molecule has 0 saturated heterocycles. The average molecular weight is 258 g/mol. The molecule has 0 heterocycles. The van der Waals surface area contributed by atoms with Crippen molar-refractivity contribution in [1.82, 2.24) is 0 Å². The number of rotatable bonds is 0. The number of aliphatic hydroxyl groups is 1. The topological polar surface area (TPSA) is 57.5 Å². The lowest BCUT2D eigenvalue weighted by Gasteiger charge is -2.49. The number of hydrogen-bond donors (Lipinski definition) is 2. The summed E-state index contributed by atoms with van der Waals surface area (Å²) in [5.74, 6) is -0.278. The number of fused-ring (bicyclic) bond motifs is 1. The highest BCUT2D eigenvalue weighted by Crippen LogP contribution is 2.53. The predicted octanol–water partition coefficient (Wildman–Crippen LogP) is 2.25. The van der Waals surface area contributed by atoms with Crippen molar-refractivity contribution in [2.24, 2.45) is 0 Å². The molecule has 2 N–H and O–H groups in total. The van der Waals surface area contributed by atoms with Gasteiger partial charge in [0.15, 0.2) is 5.78 Å². The molecule has 100 valence electrons. The highest BCUT2D eigenvalue weighted by Gasteiger charge is 2.57. The van der Waals surface area contributed by atoms with Crippen LogP contribution in [-0.2, 0) is 10.2 Å². The lowest BCUT2D eigenvalue weighted by atomic mass is 9.55. The van der Waals surface area contributed by atoms with Crippen LogP contribution in [0, 0.1) is 13.8 Å². The first-order valence-electron chi connectivity index (χ1n) is 6.51. The van der Waals surface area contributed by atoms with E-state index in [9.17, 15) is 15.0 Å². The molecule has 0 radical (unpaired) electrons. The minimum Gasteiger partial charge on any atom is -0.507 e. The van der Waals surface area contributed by atoms with Crippen LogP contribution < -0.4 is 0 Å². The summed E-state index contributed by atoms with van der Waals surface area (Å²) >= 11 is 0. The summed E-state index contributed by atoms with van der Waals surface area (Å²) in [6.07, 6.45) is 3.78. The number of phenolic OH excluding ortho intramolecular Hbond substituents is 1. The zero-order chi connectivity index (χ0) is 14.2. The SMILES string of the molecule is Cc1cc2c(c(C)c1O)[C@H]1C=C[C@@]2(C)C(=O)[C@]1(C)O. The number of aromatic hydroxyl groups is 1. The molecule has 0 aromatic heterocycles. The zero-order valence-corrected chi connectivity index (χ0v) is 11.6. The van der Waals surface area contributed by atoms with E-state index in [2.05, 4.69) is 0 Å². The normalized spacial score (nSPS) is 35.6. The summed E-state index contributed by atoms with van der Waals surface area (Å²) in [5.41, 5.74) is 1.16. The standard InChI is InChI=1S/C16H18O3/c1-8-7-11-12(9(2)13(8)17)10-5-6-15(11,3)14(18)16(10,4)19/h5-7,10,17,19H,1-4H3/t10-,15-,16-/m1/s1. The number of carbonyl (C=O) groups is 1. The molecule has 3 aliphatic carbocycles. The van der Waals surface area contributed by atoms with Crippen LogP contribution in [0.1, 0.15) is 42.0 Å². The van der Waals surface area contributed by atoms with Crippen molar-refractivity contribution in [3.63, 3.8) is 0 Å². The molecular formula is C16H18O3. The van der Waals surface area contributed by atoms with Gasteiger partial charge in [-0.1, -0.05) is 18.2 Å². The van der Waals surface area contributed by atoms with Gasteiger partial charge in [0.1, 0.15) is 11.4 Å². The van der Waals surface area contributed by atoms with Crippen molar-refractivity contribution in [1.29, 1.82) is 0 Å². The highest BCUT2D eigenvalue weighted by molar-refractivity contribution is 6.03. The van der Waals surface area contributed by atoms with Gasteiger partial charge >= 0.3 is 0 Å². The molecule has 1 aromatic carbocycles.